The Morgan fingerprint density at radius 2 is 2.06 bits per heavy atom. The molecular formula is C8H12N4O4S. The topological polar surface area (TPSA) is 138 Å². The van der Waals surface area contributed by atoms with E-state index < -0.39 is 31.0 Å². The van der Waals surface area contributed by atoms with E-state index in [1.807, 2.05) is 0 Å². The van der Waals surface area contributed by atoms with Gasteiger partial charge in [0.1, 0.15) is 30.2 Å². The number of rotatable bonds is 2. The van der Waals surface area contributed by atoms with Crippen molar-refractivity contribution in [3.63, 3.8) is 0 Å². The van der Waals surface area contributed by atoms with Crippen LogP contribution in [0.1, 0.15) is 11.9 Å². The number of nitrogens with one attached hydrogen (secondary N) is 1. The summed E-state index contributed by atoms with van der Waals surface area (Å²) in [4.78, 5) is 10.1. The first-order valence-electron chi connectivity index (χ1n) is 4.89. The average Bonchev–Trinajstić information content (AvgIpc) is 2.54. The van der Waals surface area contributed by atoms with Crippen molar-refractivity contribution in [2.75, 3.05) is 12.3 Å². The fourth-order valence-electron chi connectivity index (χ4n) is 1.68. The number of hydrogen-bond acceptors (Lipinski definition) is 8. The Morgan fingerprint density at radius 1 is 1.35 bits per heavy atom. The summed E-state index contributed by atoms with van der Waals surface area (Å²) >= 11 is 4.78. The van der Waals surface area contributed by atoms with Crippen LogP contribution >= 0.6 is 12.2 Å². The maximum atomic E-state index is 9.75. The van der Waals surface area contributed by atoms with Gasteiger partial charge in [0.2, 0.25) is 10.7 Å². The van der Waals surface area contributed by atoms with E-state index in [1.54, 1.807) is 0 Å². The van der Waals surface area contributed by atoms with Crippen LogP contribution in [0.15, 0.2) is 0 Å². The molecule has 1 aliphatic rings. The Balaban J connectivity index is 2.31. The summed E-state index contributed by atoms with van der Waals surface area (Å²) < 4.78 is 5.27. The number of aliphatic hydroxyl groups excluding tert-OH is 3. The third kappa shape index (κ3) is 2.28. The van der Waals surface area contributed by atoms with E-state index in [2.05, 4.69) is 15.0 Å². The van der Waals surface area contributed by atoms with E-state index in [9.17, 15) is 10.2 Å². The monoisotopic (exact) mass is 260 g/mol. The van der Waals surface area contributed by atoms with Crippen LogP contribution in [0.4, 0.5) is 5.95 Å². The van der Waals surface area contributed by atoms with Gasteiger partial charge in [0, 0.05) is 0 Å². The minimum atomic E-state index is -1.22. The molecule has 17 heavy (non-hydrogen) atoms. The highest BCUT2D eigenvalue weighted by Gasteiger charge is 2.44. The summed E-state index contributed by atoms with van der Waals surface area (Å²) in [5.74, 6) is 0.211. The van der Waals surface area contributed by atoms with Crippen LogP contribution in [0, 0.1) is 4.77 Å². The zero-order chi connectivity index (χ0) is 12.6. The largest absolute Gasteiger partial charge is 0.394 e. The van der Waals surface area contributed by atoms with Crippen molar-refractivity contribution in [2.24, 2.45) is 0 Å². The molecule has 0 aromatic carbocycles. The average molecular weight is 260 g/mol. The minimum absolute atomic E-state index is 0.00832. The highest BCUT2D eigenvalue weighted by molar-refractivity contribution is 7.71. The van der Waals surface area contributed by atoms with Crippen molar-refractivity contribution in [1.29, 1.82) is 0 Å². The maximum Gasteiger partial charge on any atom is 0.224 e. The molecular weight excluding hydrogens is 248 g/mol. The summed E-state index contributed by atoms with van der Waals surface area (Å²) in [6, 6.07) is 0. The second-order valence-electron chi connectivity index (χ2n) is 3.66. The van der Waals surface area contributed by atoms with E-state index in [0.717, 1.165) is 0 Å². The molecule has 1 saturated heterocycles. The quantitative estimate of drug-likeness (QED) is 0.395. The number of anilines is 1. The van der Waals surface area contributed by atoms with Crippen LogP contribution in [0.25, 0.3) is 0 Å². The molecule has 2 rings (SSSR count). The predicted octanol–water partition coefficient (Wildman–Crippen LogP) is -1.73. The van der Waals surface area contributed by atoms with Crippen molar-refractivity contribution < 1.29 is 20.1 Å². The molecule has 94 valence electrons. The molecule has 0 radical (unpaired) electrons. The van der Waals surface area contributed by atoms with Crippen LogP contribution in [-0.4, -0.2) is 55.2 Å². The number of aliphatic hydroxyl groups is 3. The molecule has 0 unspecified atom stereocenters. The lowest BCUT2D eigenvalue weighted by Gasteiger charge is -2.13. The molecule has 0 amide bonds. The zero-order valence-corrected chi connectivity index (χ0v) is 9.46. The van der Waals surface area contributed by atoms with E-state index in [0.29, 0.717) is 0 Å². The van der Waals surface area contributed by atoms with Crippen molar-refractivity contribution in [2.45, 2.75) is 24.4 Å². The normalized spacial score (nSPS) is 32.9. The smallest absolute Gasteiger partial charge is 0.224 e. The molecule has 1 aromatic rings. The van der Waals surface area contributed by atoms with Gasteiger partial charge in [-0.1, -0.05) is 0 Å². The number of H-pyrrole nitrogens is 1. The van der Waals surface area contributed by atoms with Crippen LogP contribution in [0.2, 0.25) is 0 Å². The van der Waals surface area contributed by atoms with Crippen LogP contribution in [0.5, 0.6) is 0 Å². The summed E-state index contributed by atoms with van der Waals surface area (Å²) in [5, 5.41) is 28.3. The molecule has 1 fully saturated rings. The Morgan fingerprint density at radius 3 is 2.59 bits per heavy atom. The lowest BCUT2D eigenvalue weighted by atomic mass is 10.1. The maximum absolute atomic E-state index is 9.75. The number of aromatic amines is 1. The first-order chi connectivity index (χ1) is 8.02. The third-order valence-electron chi connectivity index (χ3n) is 2.50. The summed E-state index contributed by atoms with van der Waals surface area (Å²) in [6.45, 7) is -0.407. The number of aromatic nitrogens is 3. The van der Waals surface area contributed by atoms with E-state index in [4.69, 9.17) is 27.8 Å². The van der Waals surface area contributed by atoms with Gasteiger partial charge < -0.3 is 30.8 Å². The van der Waals surface area contributed by atoms with Crippen molar-refractivity contribution in [1.82, 2.24) is 15.0 Å². The van der Waals surface area contributed by atoms with E-state index in [-0.39, 0.29) is 16.5 Å². The summed E-state index contributed by atoms with van der Waals surface area (Å²) in [5.41, 5.74) is 5.45. The molecule has 6 N–H and O–H groups in total. The van der Waals surface area contributed by atoms with E-state index in [1.165, 1.54) is 0 Å². The third-order valence-corrected chi connectivity index (χ3v) is 2.68. The number of hydrogen-bond donors (Lipinski definition) is 5. The second kappa shape index (κ2) is 4.63. The van der Waals surface area contributed by atoms with Gasteiger partial charge in [-0.25, -0.2) is 4.98 Å². The molecule has 9 heteroatoms. The minimum Gasteiger partial charge on any atom is -0.394 e. The van der Waals surface area contributed by atoms with Gasteiger partial charge in [-0.15, -0.1) is 0 Å². The van der Waals surface area contributed by atoms with Crippen LogP contribution < -0.4 is 5.73 Å². The highest BCUT2D eigenvalue weighted by Crippen LogP contribution is 2.31. The molecule has 0 bridgehead atoms. The number of nitrogens with two attached hydrogens (primary N) is 1. The van der Waals surface area contributed by atoms with Crippen LogP contribution in [0.3, 0.4) is 0 Å². The Hall–Kier alpha value is -1.13. The van der Waals surface area contributed by atoms with Crippen molar-refractivity contribution in [3.05, 3.63) is 10.6 Å². The van der Waals surface area contributed by atoms with Gasteiger partial charge in [0.25, 0.3) is 0 Å². The van der Waals surface area contributed by atoms with Gasteiger partial charge in [0.05, 0.1) is 6.61 Å². The second-order valence-corrected chi connectivity index (χ2v) is 4.03. The van der Waals surface area contributed by atoms with Gasteiger partial charge >= 0.3 is 0 Å². The standard InChI is InChI=1S/C8H12N4O4S/c9-7-10-6(11-8(17)12-7)5-4(15)3(14)2(1-13)16-5/h2-5,13-15H,1H2,(H3,9,10,11,12,17)/t2-,3-,4-,5-/m1/s1. The number of nitrogen functional groups attached to an aromatic ring is 1. The highest BCUT2D eigenvalue weighted by atomic mass is 32.1. The molecule has 0 aliphatic carbocycles. The lowest BCUT2D eigenvalue weighted by molar-refractivity contribution is -0.0253. The Labute approximate surface area is 101 Å². The predicted molar refractivity (Wildman–Crippen MR) is 58.3 cm³/mol. The van der Waals surface area contributed by atoms with Gasteiger partial charge in [0.15, 0.2) is 0 Å². The lowest BCUT2D eigenvalue weighted by Crippen LogP contribution is -2.32. The van der Waals surface area contributed by atoms with Crippen molar-refractivity contribution in [3.8, 4) is 0 Å². The molecule has 0 spiro atoms. The molecule has 8 nitrogen and oxygen atoms in total. The SMILES string of the molecule is Nc1nc(=S)nc([C@@H]2O[C@H](CO)[C@@H](O)[C@H]2O)[nH]1. The first-order valence-corrected chi connectivity index (χ1v) is 5.30. The van der Waals surface area contributed by atoms with Gasteiger partial charge in [-0.05, 0) is 12.2 Å². The van der Waals surface area contributed by atoms with Crippen LogP contribution in [-0.2, 0) is 4.74 Å². The molecule has 4 atom stereocenters. The summed E-state index contributed by atoms with van der Waals surface area (Å²) in [7, 11) is 0. The molecule has 0 saturated carbocycles. The summed E-state index contributed by atoms with van der Waals surface area (Å²) in [6.07, 6.45) is -4.20. The number of ether oxygens (including phenoxy) is 1. The first kappa shape index (κ1) is 12.3. The Kier molecular flexibility index (Phi) is 3.35. The Bertz CT molecular complexity index is 467. The van der Waals surface area contributed by atoms with Crippen molar-refractivity contribution >= 4 is 18.2 Å². The fraction of sp³-hybridized carbons (Fsp3) is 0.625. The molecule has 2 heterocycles. The fourth-order valence-corrected chi connectivity index (χ4v) is 1.88. The van der Waals surface area contributed by atoms with Gasteiger partial charge in [-0.3, -0.25) is 0 Å². The molecule has 1 aliphatic heterocycles. The zero-order valence-electron chi connectivity index (χ0n) is 8.65. The molecule has 1 aromatic heterocycles. The number of nitrogens with zero attached hydrogens (tertiary/aromatic N) is 2. The van der Waals surface area contributed by atoms with Gasteiger partial charge in [-0.2, -0.15) is 4.98 Å². The van der Waals surface area contributed by atoms with E-state index >= 15 is 0 Å².